The van der Waals surface area contributed by atoms with Crippen LogP contribution < -0.4 is 20.2 Å². The minimum absolute atomic E-state index is 0.0699. The van der Waals surface area contributed by atoms with Crippen molar-refractivity contribution >= 4 is 18.1 Å². The van der Waals surface area contributed by atoms with Gasteiger partial charge in [0.25, 0.3) is 5.91 Å². The van der Waals surface area contributed by atoms with E-state index in [2.05, 4.69) is 27.9 Å². The molecule has 0 aliphatic carbocycles. The van der Waals surface area contributed by atoms with Gasteiger partial charge in [0.05, 0.1) is 13.2 Å². The van der Waals surface area contributed by atoms with Crippen LogP contribution in [0.2, 0.25) is 0 Å². The van der Waals surface area contributed by atoms with E-state index in [9.17, 15) is 4.79 Å². The number of aromatic amines is 1. The molecule has 1 aromatic heterocycles. The Bertz CT molecular complexity index is 870. The van der Waals surface area contributed by atoms with Gasteiger partial charge < -0.3 is 20.2 Å². The quantitative estimate of drug-likeness (QED) is 0.510. The molecule has 0 radical (unpaired) electrons. The Kier molecular flexibility index (Phi) is 8.07. The number of hydrogen-bond acceptors (Lipinski definition) is 6. The van der Waals surface area contributed by atoms with E-state index < -0.39 is 0 Å². The molecule has 0 aliphatic rings. The molecule has 160 valence electrons. The molecule has 8 nitrogen and oxygen atoms in total. The third kappa shape index (κ3) is 7.08. The molecule has 1 amide bonds. The minimum atomic E-state index is -0.302. The Hall–Kier alpha value is -2.55. The molecule has 9 heteroatoms. The van der Waals surface area contributed by atoms with Gasteiger partial charge in [0, 0.05) is 12.0 Å². The Labute approximate surface area is 177 Å². The molecule has 29 heavy (non-hydrogen) atoms. The third-order valence-electron chi connectivity index (χ3n) is 3.84. The maximum atomic E-state index is 12.0. The fraction of sp³-hybridized carbons (Fsp3) is 0.550. The number of carbonyl (C=O) groups is 1. The molecule has 0 fully saturated rings. The lowest BCUT2D eigenvalue weighted by Crippen LogP contribution is -2.43. The van der Waals surface area contributed by atoms with Gasteiger partial charge in [-0.05, 0) is 64.0 Å². The van der Waals surface area contributed by atoms with E-state index in [-0.39, 0.29) is 18.1 Å². The number of aryl methyl sites for hydroxylation is 1. The summed E-state index contributed by atoms with van der Waals surface area (Å²) in [5.41, 5.74) is 3.97. The number of H-pyrrole nitrogens is 1. The molecular weight excluding hydrogens is 390 g/mol. The highest BCUT2D eigenvalue weighted by atomic mass is 32.1. The molecule has 0 saturated carbocycles. The molecular formula is C20H31N5O3S. The van der Waals surface area contributed by atoms with Crippen LogP contribution in [0.5, 0.6) is 11.5 Å². The number of amides is 1. The first-order chi connectivity index (χ1) is 13.7. The molecule has 0 aliphatic heterocycles. The van der Waals surface area contributed by atoms with Crippen LogP contribution in [0.1, 0.15) is 52.4 Å². The van der Waals surface area contributed by atoms with Crippen molar-refractivity contribution in [2.24, 2.45) is 0 Å². The van der Waals surface area contributed by atoms with Crippen molar-refractivity contribution < 1.29 is 14.3 Å². The molecule has 1 heterocycles. The molecule has 0 spiro atoms. The zero-order valence-electron chi connectivity index (χ0n) is 17.8. The first-order valence-electron chi connectivity index (χ1n) is 9.83. The lowest BCUT2D eigenvalue weighted by molar-refractivity contribution is -0.124. The van der Waals surface area contributed by atoms with Crippen LogP contribution in [0, 0.1) is 4.77 Å². The molecule has 1 aromatic carbocycles. The second-order valence-electron chi connectivity index (χ2n) is 7.67. The van der Waals surface area contributed by atoms with Crippen molar-refractivity contribution in [1.82, 2.24) is 20.2 Å². The summed E-state index contributed by atoms with van der Waals surface area (Å²) >= 11 is 5.29. The highest BCUT2D eigenvalue weighted by Gasteiger charge is 2.15. The Balaban J connectivity index is 2.06. The number of nitrogens with one attached hydrogen (secondary N) is 3. The SMILES string of the molecule is CCCc1n[nH]c(=S)n1NCc1ccc(OCC(=O)NC(C)(C)C)c(OCC)c1. The lowest BCUT2D eigenvalue weighted by atomic mass is 10.1. The normalized spacial score (nSPS) is 11.2. The van der Waals surface area contributed by atoms with Gasteiger partial charge in [-0.2, -0.15) is 5.10 Å². The number of benzene rings is 1. The Morgan fingerprint density at radius 2 is 2.00 bits per heavy atom. The first-order valence-corrected chi connectivity index (χ1v) is 10.2. The van der Waals surface area contributed by atoms with Gasteiger partial charge in [-0.25, -0.2) is 4.68 Å². The van der Waals surface area contributed by atoms with E-state index in [1.165, 1.54) is 0 Å². The fourth-order valence-electron chi connectivity index (χ4n) is 2.70. The zero-order valence-corrected chi connectivity index (χ0v) is 18.6. The summed E-state index contributed by atoms with van der Waals surface area (Å²) in [7, 11) is 0. The number of rotatable bonds is 10. The largest absolute Gasteiger partial charge is 0.490 e. The second kappa shape index (κ2) is 10.3. The highest BCUT2D eigenvalue weighted by molar-refractivity contribution is 7.71. The number of carbonyl (C=O) groups excluding carboxylic acids is 1. The van der Waals surface area contributed by atoms with Gasteiger partial charge in [-0.3, -0.25) is 9.89 Å². The summed E-state index contributed by atoms with van der Waals surface area (Å²) in [6, 6.07) is 5.64. The maximum absolute atomic E-state index is 12.0. The third-order valence-corrected chi connectivity index (χ3v) is 4.11. The van der Waals surface area contributed by atoms with Crippen molar-refractivity contribution in [1.29, 1.82) is 0 Å². The van der Waals surface area contributed by atoms with Gasteiger partial charge in [0.1, 0.15) is 0 Å². The molecule has 0 atom stereocenters. The predicted molar refractivity (Wildman–Crippen MR) is 115 cm³/mol. The average molecular weight is 422 g/mol. The molecule has 3 N–H and O–H groups in total. The van der Waals surface area contributed by atoms with Gasteiger partial charge in [0.15, 0.2) is 23.9 Å². The van der Waals surface area contributed by atoms with Crippen LogP contribution in [0.15, 0.2) is 18.2 Å². The molecule has 0 unspecified atom stereocenters. The maximum Gasteiger partial charge on any atom is 0.258 e. The van der Waals surface area contributed by atoms with Crippen LogP contribution >= 0.6 is 12.2 Å². The van der Waals surface area contributed by atoms with E-state index in [4.69, 9.17) is 21.7 Å². The second-order valence-corrected chi connectivity index (χ2v) is 8.05. The topological polar surface area (TPSA) is 93.2 Å². The van der Waals surface area contributed by atoms with Crippen LogP contribution in [0.3, 0.4) is 0 Å². The smallest absolute Gasteiger partial charge is 0.258 e. The predicted octanol–water partition coefficient (Wildman–Crippen LogP) is 3.33. The van der Waals surface area contributed by atoms with Crippen LogP contribution in [0.25, 0.3) is 0 Å². The summed E-state index contributed by atoms with van der Waals surface area (Å²) in [4.78, 5) is 12.0. The number of nitrogens with zero attached hydrogens (tertiary/aromatic N) is 2. The Morgan fingerprint density at radius 3 is 2.66 bits per heavy atom. The van der Waals surface area contributed by atoms with Gasteiger partial charge in [-0.15, -0.1) is 0 Å². The summed E-state index contributed by atoms with van der Waals surface area (Å²) in [6.45, 7) is 10.7. The van der Waals surface area contributed by atoms with E-state index >= 15 is 0 Å². The fourth-order valence-corrected chi connectivity index (χ4v) is 2.92. The van der Waals surface area contributed by atoms with Crippen molar-refractivity contribution in [3.05, 3.63) is 34.4 Å². The summed E-state index contributed by atoms with van der Waals surface area (Å²) in [5.74, 6) is 1.82. The molecule has 0 bridgehead atoms. The Morgan fingerprint density at radius 1 is 1.24 bits per heavy atom. The minimum Gasteiger partial charge on any atom is -0.490 e. The standard InChI is InChI=1S/C20H31N5O3S/c1-6-8-17-23-24-19(29)25(17)21-12-14-9-10-15(16(11-14)27-7-2)28-13-18(26)22-20(3,4)5/h9-11,21H,6-8,12-13H2,1-5H3,(H,22,26)(H,24,29). The number of ether oxygens (including phenoxy) is 2. The summed E-state index contributed by atoms with van der Waals surface area (Å²) < 4.78 is 13.7. The first kappa shape index (κ1) is 22.7. The van der Waals surface area contributed by atoms with Crippen LogP contribution in [-0.4, -0.2) is 39.5 Å². The molecule has 0 saturated heterocycles. The van der Waals surface area contributed by atoms with E-state index in [0.717, 1.165) is 24.2 Å². The van der Waals surface area contributed by atoms with Crippen LogP contribution in [-0.2, 0) is 17.8 Å². The van der Waals surface area contributed by atoms with E-state index in [1.807, 2.05) is 45.9 Å². The van der Waals surface area contributed by atoms with Gasteiger partial charge >= 0.3 is 0 Å². The van der Waals surface area contributed by atoms with Crippen LogP contribution in [0.4, 0.5) is 0 Å². The monoisotopic (exact) mass is 421 g/mol. The van der Waals surface area contributed by atoms with E-state index in [0.29, 0.717) is 29.4 Å². The van der Waals surface area contributed by atoms with E-state index in [1.54, 1.807) is 4.68 Å². The van der Waals surface area contributed by atoms with Crippen molar-refractivity contribution in [3.8, 4) is 11.5 Å². The number of hydrogen-bond donors (Lipinski definition) is 3. The zero-order chi connectivity index (χ0) is 21.4. The summed E-state index contributed by atoms with van der Waals surface area (Å²) in [6.07, 6.45) is 1.80. The number of aromatic nitrogens is 3. The van der Waals surface area contributed by atoms with Crippen molar-refractivity contribution in [2.45, 2.75) is 59.5 Å². The highest BCUT2D eigenvalue weighted by Crippen LogP contribution is 2.28. The lowest BCUT2D eigenvalue weighted by Gasteiger charge is -2.21. The summed E-state index contributed by atoms with van der Waals surface area (Å²) in [5, 5.41) is 9.93. The van der Waals surface area contributed by atoms with Crippen molar-refractivity contribution in [3.63, 3.8) is 0 Å². The van der Waals surface area contributed by atoms with Gasteiger partial charge in [0.2, 0.25) is 4.77 Å². The van der Waals surface area contributed by atoms with Gasteiger partial charge in [-0.1, -0.05) is 13.0 Å². The van der Waals surface area contributed by atoms with Crippen molar-refractivity contribution in [2.75, 3.05) is 18.6 Å². The average Bonchev–Trinajstić information content (AvgIpc) is 2.98. The molecule has 2 rings (SSSR count). The molecule has 2 aromatic rings.